The van der Waals surface area contributed by atoms with Gasteiger partial charge in [-0.05, 0) is 84.7 Å². The molecule has 4 nitrogen and oxygen atoms in total. The number of hydrogen-bond donors (Lipinski definition) is 0. The maximum absolute atomic E-state index is 6.58. The predicted octanol–water partition coefficient (Wildman–Crippen LogP) is 16.0. The number of halogens is 2. The molecule has 0 radical (unpaired) electrons. The molecule has 0 spiro atoms. The normalized spacial score (nSPS) is 13.4. The molecule has 0 aliphatic carbocycles. The van der Waals surface area contributed by atoms with Gasteiger partial charge in [0.25, 0.3) is 0 Å². The van der Waals surface area contributed by atoms with Crippen molar-refractivity contribution in [2.45, 2.75) is 156 Å². The molecule has 0 saturated carbocycles. The first kappa shape index (κ1) is 48.3. The first-order chi connectivity index (χ1) is 23.7. The number of hydrogen-bond acceptors (Lipinski definition) is 4. The van der Waals surface area contributed by atoms with Crippen LogP contribution in [0.1, 0.15) is 83.1 Å². The summed E-state index contributed by atoms with van der Waals surface area (Å²) < 4.78 is 26.3. The van der Waals surface area contributed by atoms with Crippen LogP contribution in [0.4, 0.5) is 0 Å². The topological polar surface area (TPSA) is 36.9 Å². The summed E-state index contributed by atoms with van der Waals surface area (Å²) in [5, 5.41) is 5.41. The van der Waals surface area contributed by atoms with Gasteiger partial charge in [0, 0.05) is 11.5 Å². The van der Waals surface area contributed by atoms with E-state index in [1.165, 1.54) is 21.5 Å². The van der Waals surface area contributed by atoms with E-state index in [0.717, 1.165) is 23.0 Å². The van der Waals surface area contributed by atoms with Gasteiger partial charge in [0.2, 0.25) is 33.3 Å². The van der Waals surface area contributed by atoms with Gasteiger partial charge in [-0.2, -0.15) is 12.1 Å². The zero-order valence-corrected chi connectivity index (χ0v) is 44.6. The summed E-state index contributed by atoms with van der Waals surface area (Å²) in [6, 6.07) is 21.2. The Balaban J connectivity index is 0.000000341. The van der Waals surface area contributed by atoms with E-state index in [4.69, 9.17) is 34.7 Å². The van der Waals surface area contributed by atoms with E-state index >= 15 is 0 Å². The second-order valence-electron chi connectivity index (χ2n) is 20.4. The average molecular weight is 913 g/mol. The van der Waals surface area contributed by atoms with E-state index in [1.807, 2.05) is 0 Å². The van der Waals surface area contributed by atoms with Crippen molar-refractivity contribution in [1.29, 1.82) is 0 Å². The van der Waals surface area contributed by atoms with Gasteiger partial charge in [0.1, 0.15) is 0 Å². The standard InChI is InChI=1S/2C21H35O2Si2.2ClH.Zr/c2*1-20(2,3)24(7,8)22-18-13-11-12-16-17(18)14-15-19(16)23-25(9,10)21(4,5)6;;;/h2*11-15H,1-10H3;2*1H;/q2*-1;;;+4/p-2. The van der Waals surface area contributed by atoms with Gasteiger partial charge < -0.3 is 17.7 Å². The molecule has 0 N–H and O–H groups in total. The third-order valence-corrected chi connectivity index (χ3v) is 29.5. The molecular weight excluding hydrogens is 843 g/mol. The molecule has 11 heteroatoms. The molecule has 0 bridgehead atoms. The summed E-state index contributed by atoms with van der Waals surface area (Å²) in [4.78, 5) is 0. The Morgan fingerprint density at radius 3 is 0.962 bits per heavy atom. The fraction of sp³-hybridized carbons (Fsp3) is 0.571. The number of rotatable bonds is 8. The van der Waals surface area contributed by atoms with Crippen molar-refractivity contribution in [2.75, 3.05) is 0 Å². The van der Waals surface area contributed by atoms with Crippen LogP contribution in [0.25, 0.3) is 21.5 Å². The van der Waals surface area contributed by atoms with Gasteiger partial charge in [-0.25, -0.2) is 0 Å². The predicted molar refractivity (Wildman–Crippen MR) is 242 cm³/mol. The molecule has 53 heavy (non-hydrogen) atoms. The van der Waals surface area contributed by atoms with E-state index in [1.54, 1.807) is 0 Å². The molecule has 0 amide bonds. The van der Waals surface area contributed by atoms with E-state index in [9.17, 15) is 0 Å². The molecule has 0 unspecified atom stereocenters. The van der Waals surface area contributed by atoms with Gasteiger partial charge in [-0.3, -0.25) is 0 Å². The fourth-order valence-electron chi connectivity index (χ4n) is 4.43. The molecule has 0 saturated heterocycles. The third kappa shape index (κ3) is 12.1. The summed E-state index contributed by atoms with van der Waals surface area (Å²) in [6.07, 6.45) is 0. The van der Waals surface area contributed by atoms with Crippen molar-refractivity contribution < 1.29 is 38.6 Å². The van der Waals surface area contributed by atoms with Gasteiger partial charge in [-0.1, -0.05) is 93.9 Å². The average Bonchev–Trinajstić information content (AvgIpc) is 3.56. The number of fused-ring (bicyclic) bond motifs is 2. The Kier molecular flexibility index (Phi) is 15.8. The SMILES string of the molecule is CC(C)(C)[Si](C)(C)Oc1cccc2c1cc[c-]2O[Si](C)(C)C(C)(C)C.CC(C)(C)[Si](C)(C)Oc1cccc2c1cc[c-]2O[Si](C)(C)C(C)(C)C.[Cl][Zr+2][Cl]. The summed E-state index contributed by atoms with van der Waals surface area (Å²) in [6.45, 7) is 45.6. The molecule has 296 valence electrons. The van der Waals surface area contributed by atoms with Crippen molar-refractivity contribution in [3.63, 3.8) is 0 Å². The molecular formula is C42H70Cl2O4Si4Zr. The van der Waals surface area contributed by atoms with Gasteiger partial charge in [0.05, 0.1) is 11.5 Å². The Labute approximate surface area is 346 Å². The molecule has 4 aromatic carbocycles. The van der Waals surface area contributed by atoms with Crippen LogP contribution in [0.15, 0.2) is 60.7 Å². The summed E-state index contributed by atoms with van der Waals surface area (Å²) in [5.74, 6) is 3.99. The molecule has 4 aromatic rings. The second kappa shape index (κ2) is 17.4. The van der Waals surface area contributed by atoms with Crippen molar-refractivity contribution >= 4 is 71.8 Å². The molecule has 0 aliphatic heterocycles. The van der Waals surface area contributed by atoms with Crippen LogP contribution in [0.3, 0.4) is 0 Å². The van der Waals surface area contributed by atoms with Crippen LogP contribution in [0.2, 0.25) is 72.5 Å². The van der Waals surface area contributed by atoms with Crippen LogP contribution in [0, 0.1) is 0 Å². The fourth-order valence-corrected chi connectivity index (χ4v) is 8.56. The maximum atomic E-state index is 6.58. The summed E-state index contributed by atoms with van der Waals surface area (Å²) >= 11 is -0.826. The van der Waals surface area contributed by atoms with Crippen molar-refractivity contribution in [3.8, 4) is 23.0 Å². The van der Waals surface area contributed by atoms with Crippen LogP contribution < -0.4 is 17.7 Å². The Bertz CT molecular complexity index is 1650. The molecule has 4 rings (SSSR count). The molecule has 0 fully saturated rings. The van der Waals surface area contributed by atoms with Gasteiger partial charge in [-0.15, -0.1) is 47.2 Å². The van der Waals surface area contributed by atoms with Crippen LogP contribution in [-0.2, 0) is 20.8 Å². The minimum absolute atomic E-state index is 0.183. The Morgan fingerprint density at radius 2 is 0.717 bits per heavy atom. The van der Waals surface area contributed by atoms with Crippen LogP contribution >= 0.6 is 17.0 Å². The van der Waals surface area contributed by atoms with Gasteiger partial charge in [0.15, 0.2) is 0 Å². The van der Waals surface area contributed by atoms with Crippen molar-refractivity contribution in [1.82, 2.24) is 0 Å². The van der Waals surface area contributed by atoms with Crippen LogP contribution in [0.5, 0.6) is 23.0 Å². The zero-order valence-electron chi connectivity index (χ0n) is 36.7. The number of benzene rings is 2. The van der Waals surface area contributed by atoms with Gasteiger partial charge >= 0.3 is 37.9 Å². The first-order valence-electron chi connectivity index (χ1n) is 18.8. The summed E-state index contributed by atoms with van der Waals surface area (Å²) in [7, 11) is 2.44. The van der Waals surface area contributed by atoms with E-state index in [0.29, 0.717) is 0 Å². The quantitative estimate of drug-likeness (QED) is 0.130. The third-order valence-electron chi connectivity index (χ3n) is 12.2. The van der Waals surface area contributed by atoms with Crippen LogP contribution in [-0.4, -0.2) is 33.3 Å². The molecule has 0 aromatic heterocycles. The first-order valence-corrected chi connectivity index (χ1v) is 36.8. The van der Waals surface area contributed by atoms with Crippen molar-refractivity contribution in [2.24, 2.45) is 0 Å². The molecule has 0 atom stereocenters. The monoisotopic (exact) mass is 910 g/mol. The van der Waals surface area contributed by atoms with E-state index < -0.39 is 54.1 Å². The van der Waals surface area contributed by atoms with Crippen molar-refractivity contribution in [3.05, 3.63) is 60.7 Å². The van der Waals surface area contributed by atoms with E-state index in [-0.39, 0.29) is 20.2 Å². The Hall–Kier alpha value is -0.809. The minimum atomic E-state index is -1.86. The zero-order chi connectivity index (χ0) is 41.2. The second-order valence-corrected chi connectivity index (χ2v) is 43.0. The molecule has 0 aliphatic rings. The molecule has 0 heterocycles. The summed E-state index contributed by atoms with van der Waals surface area (Å²) in [5.41, 5.74) is 0. The van der Waals surface area contributed by atoms with E-state index in [2.05, 4.69) is 196 Å². The Morgan fingerprint density at radius 1 is 0.453 bits per heavy atom.